The molecule has 2 atom stereocenters. The molecule has 1 fully saturated rings. The van der Waals surface area contributed by atoms with Crippen LogP contribution in [-0.4, -0.2) is 83.8 Å². The van der Waals surface area contributed by atoms with E-state index in [-0.39, 0.29) is 25.3 Å². The minimum atomic E-state index is -3.35. The number of nitrogens with zero attached hydrogens (tertiary/aromatic N) is 5. The molecule has 0 aliphatic carbocycles. The Labute approximate surface area is 302 Å². The third kappa shape index (κ3) is 9.22. The fourth-order valence-corrected chi connectivity index (χ4v) is 8.23. The number of likely N-dealkylation sites (tertiary alicyclic amines) is 1. The molecule has 0 saturated carbocycles. The van der Waals surface area contributed by atoms with E-state index in [2.05, 4.69) is 10.3 Å². The summed E-state index contributed by atoms with van der Waals surface area (Å²) in [4.78, 5) is 27.7. The standard InChI is InChI=1S/C37H53N5O8S/c1-25-13-14-28(19-29(25)22-42-20-26(2)49-31-11-9-10-12-32(31)51(42,45)46)33(37(6,7)34(43)47-8)48-24-30-23-41(39-38-30)21-27-15-17-40(18-16-27)35(44)50-36(3,4)5/h9-14,19,23,26-27,33,45-46H,15-18,20-22,24H2,1-8H3. The molecular formula is C37H53N5O8S. The molecule has 0 spiro atoms. The topological polar surface area (TPSA) is 149 Å². The van der Waals surface area contributed by atoms with Crippen LogP contribution in [0.2, 0.25) is 0 Å². The number of para-hydroxylation sites is 1. The third-order valence-corrected chi connectivity index (χ3v) is 11.3. The monoisotopic (exact) mass is 727 g/mol. The van der Waals surface area contributed by atoms with Gasteiger partial charge in [-0.25, -0.2) is 4.79 Å². The number of amides is 1. The Morgan fingerprint density at radius 3 is 2.47 bits per heavy atom. The maximum atomic E-state index is 13.1. The highest BCUT2D eigenvalue weighted by Gasteiger charge is 2.41. The van der Waals surface area contributed by atoms with Crippen LogP contribution >= 0.6 is 10.8 Å². The summed E-state index contributed by atoms with van der Waals surface area (Å²) >= 11 is 0. The molecule has 1 aromatic heterocycles. The summed E-state index contributed by atoms with van der Waals surface area (Å²) in [5.41, 5.74) is 1.57. The number of carbonyl (C=O) groups is 2. The van der Waals surface area contributed by atoms with Crippen molar-refractivity contribution >= 4 is 22.8 Å². The Bertz CT molecular complexity index is 1680. The molecule has 1 amide bonds. The summed E-state index contributed by atoms with van der Waals surface area (Å²) in [6, 6.07) is 12.9. The van der Waals surface area contributed by atoms with Gasteiger partial charge in [0.1, 0.15) is 28.0 Å². The lowest BCUT2D eigenvalue weighted by atomic mass is 9.81. The maximum absolute atomic E-state index is 13.1. The predicted octanol–water partition coefficient (Wildman–Crippen LogP) is 7.00. The summed E-state index contributed by atoms with van der Waals surface area (Å²) in [5, 5.41) is 8.69. The van der Waals surface area contributed by atoms with Crippen LogP contribution < -0.4 is 4.74 Å². The Morgan fingerprint density at radius 2 is 1.78 bits per heavy atom. The summed E-state index contributed by atoms with van der Waals surface area (Å²) in [6.07, 6.45) is 2.24. The Balaban J connectivity index is 1.29. The van der Waals surface area contributed by atoms with Gasteiger partial charge in [0.05, 0.1) is 38.0 Å². The molecule has 3 heterocycles. The number of rotatable bonds is 10. The first-order chi connectivity index (χ1) is 24.0. The highest BCUT2D eigenvalue weighted by Crippen LogP contribution is 2.57. The summed E-state index contributed by atoms with van der Waals surface area (Å²) in [5.74, 6) is 0.369. The number of hydrogen-bond acceptors (Lipinski definition) is 11. The molecule has 13 nitrogen and oxygen atoms in total. The van der Waals surface area contributed by atoms with Crippen molar-refractivity contribution < 1.29 is 37.6 Å². The number of ether oxygens (including phenoxy) is 4. The number of benzene rings is 2. The quantitative estimate of drug-likeness (QED) is 0.208. The van der Waals surface area contributed by atoms with Crippen LogP contribution in [-0.2, 0) is 38.7 Å². The minimum Gasteiger partial charge on any atom is -0.487 e. The smallest absolute Gasteiger partial charge is 0.410 e. The van der Waals surface area contributed by atoms with Gasteiger partial charge in [-0.2, -0.15) is 4.31 Å². The van der Waals surface area contributed by atoms with Gasteiger partial charge in [0.2, 0.25) is 0 Å². The van der Waals surface area contributed by atoms with Crippen LogP contribution in [0.15, 0.2) is 53.6 Å². The predicted molar refractivity (Wildman–Crippen MR) is 193 cm³/mol. The molecule has 1 saturated heterocycles. The van der Waals surface area contributed by atoms with Crippen molar-refractivity contribution in [2.75, 3.05) is 26.7 Å². The first-order valence-electron chi connectivity index (χ1n) is 17.4. The first kappa shape index (κ1) is 38.5. The van der Waals surface area contributed by atoms with Crippen LogP contribution in [0.25, 0.3) is 0 Å². The van der Waals surface area contributed by atoms with Gasteiger partial charge in [-0.3, -0.25) is 18.6 Å². The Hall–Kier alpha value is -3.69. The number of piperidine rings is 1. The van der Waals surface area contributed by atoms with Crippen molar-refractivity contribution in [3.8, 4) is 5.75 Å². The maximum Gasteiger partial charge on any atom is 0.410 e. The second-order valence-corrected chi connectivity index (χ2v) is 17.1. The molecule has 2 aliphatic rings. The van der Waals surface area contributed by atoms with Gasteiger partial charge in [0.15, 0.2) is 0 Å². The van der Waals surface area contributed by atoms with Gasteiger partial charge < -0.3 is 23.8 Å². The zero-order valence-electron chi connectivity index (χ0n) is 31.0. The number of hydrogen-bond donors (Lipinski definition) is 2. The van der Waals surface area contributed by atoms with E-state index in [1.807, 2.05) is 65.1 Å². The van der Waals surface area contributed by atoms with Crippen molar-refractivity contribution in [2.45, 2.75) is 104 Å². The van der Waals surface area contributed by atoms with E-state index in [1.54, 1.807) is 45.9 Å². The number of aromatic nitrogens is 3. The van der Waals surface area contributed by atoms with E-state index < -0.39 is 33.9 Å². The van der Waals surface area contributed by atoms with Crippen molar-refractivity contribution in [1.82, 2.24) is 24.2 Å². The van der Waals surface area contributed by atoms with Crippen molar-refractivity contribution in [1.29, 1.82) is 0 Å². The SMILES string of the molecule is COC(=O)C(C)(C)C(OCc1cn(CC2CCN(C(=O)OC(C)(C)C)CC2)nn1)c1ccc(C)c(CN2CC(C)Oc3ccccc3S2(O)O)c1. The highest BCUT2D eigenvalue weighted by atomic mass is 32.3. The highest BCUT2D eigenvalue weighted by molar-refractivity contribution is 8.22. The Morgan fingerprint density at radius 1 is 1.08 bits per heavy atom. The Kier molecular flexibility index (Phi) is 11.7. The van der Waals surface area contributed by atoms with E-state index >= 15 is 0 Å². The van der Waals surface area contributed by atoms with E-state index in [1.165, 1.54) is 7.11 Å². The summed E-state index contributed by atoms with van der Waals surface area (Å²) < 4.78 is 49.7. The summed E-state index contributed by atoms with van der Waals surface area (Å²) in [6.45, 7) is 15.6. The van der Waals surface area contributed by atoms with E-state index in [4.69, 9.17) is 18.9 Å². The molecule has 2 unspecified atom stereocenters. The molecule has 280 valence electrons. The van der Waals surface area contributed by atoms with Gasteiger partial charge in [-0.05, 0) is 96.0 Å². The van der Waals surface area contributed by atoms with E-state index in [0.717, 1.165) is 29.5 Å². The molecule has 2 N–H and O–H groups in total. The number of carbonyl (C=O) groups excluding carboxylic acids is 2. The van der Waals surface area contributed by atoms with Crippen molar-refractivity contribution in [3.05, 3.63) is 71.0 Å². The van der Waals surface area contributed by atoms with Crippen LogP contribution in [0.3, 0.4) is 0 Å². The zero-order chi connectivity index (χ0) is 37.1. The van der Waals surface area contributed by atoms with Gasteiger partial charge in [0, 0.05) is 26.2 Å². The fraction of sp³-hybridized carbons (Fsp3) is 0.568. The number of methoxy groups -OCH3 is 1. The van der Waals surface area contributed by atoms with Crippen LogP contribution in [0.1, 0.15) is 82.9 Å². The van der Waals surface area contributed by atoms with Crippen LogP contribution in [0.5, 0.6) is 5.75 Å². The zero-order valence-corrected chi connectivity index (χ0v) is 31.8. The van der Waals surface area contributed by atoms with Gasteiger partial charge in [-0.15, -0.1) is 15.9 Å². The van der Waals surface area contributed by atoms with E-state index in [9.17, 15) is 18.7 Å². The molecule has 2 aliphatic heterocycles. The van der Waals surface area contributed by atoms with E-state index in [0.29, 0.717) is 48.4 Å². The third-order valence-electron chi connectivity index (χ3n) is 9.38. The number of esters is 1. The molecule has 3 aromatic rings. The molecule has 51 heavy (non-hydrogen) atoms. The number of aryl methyl sites for hydroxylation is 1. The molecule has 2 aromatic carbocycles. The molecule has 0 radical (unpaired) electrons. The first-order valence-corrected chi connectivity index (χ1v) is 18.9. The van der Waals surface area contributed by atoms with Crippen LogP contribution in [0, 0.1) is 18.3 Å². The molecule has 14 heteroatoms. The largest absolute Gasteiger partial charge is 0.487 e. The van der Waals surface area contributed by atoms with Crippen molar-refractivity contribution in [2.24, 2.45) is 11.3 Å². The summed E-state index contributed by atoms with van der Waals surface area (Å²) in [7, 11) is -1.99. The van der Waals surface area contributed by atoms with Gasteiger partial charge in [-0.1, -0.05) is 35.5 Å². The van der Waals surface area contributed by atoms with Gasteiger partial charge in [0.25, 0.3) is 0 Å². The van der Waals surface area contributed by atoms with Gasteiger partial charge >= 0.3 is 12.1 Å². The lowest BCUT2D eigenvalue weighted by molar-refractivity contribution is -0.162. The molecular weight excluding hydrogens is 675 g/mol. The van der Waals surface area contributed by atoms with Crippen molar-refractivity contribution in [3.63, 3.8) is 0 Å². The minimum absolute atomic E-state index is 0.101. The second kappa shape index (κ2) is 15.5. The number of fused-ring (bicyclic) bond motifs is 1. The lowest BCUT2D eigenvalue weighted by Gasteiger charge is -2.42. The normalized spacial score (nSPS) is 19.7. The lowest BCUT2D eigenvalue weighted by Crippen LogP contribution is -2.42. The average molecular weight is 728 g/mol. The fourth-order valence-electron chi connectivity index (χ4n) is 6.57. The molecule has 0 bridgehead atoms. The second-order valence-electron chi connectivity index (χ2n) is 15.1. The molecule has 5 rings (SSSR count). The van der Waals surface area contributed by atoms with Crippen LogP contribution in [0.4, 0.5) is 4.79 Å². The average Bonchev–Trinajstić information content (AvgIpc) is 3.48.